The van der Waals surface area contributed by atoms with E-state index in [4.69, 9.17) is 0 Å². The SMILES string of the molecule is CCCNC1CCC(C(C)(C)CC)CC1N(C)C1CC1. The van der Waals surface area contributed by atoms with Crippen molar-refractivity contribution in [2.75, 3.05) is 13.6 Å². The molecule has 2 aliphatic carbocycles. The van der Waals surface area contributed by atoms with Gasteiger partial charge < -0.3 is 5.32 Å². The van der Waals surface area contributed by atoms with E-state index in [1.807, 2.05) is 0 Å². The molecule has 0 amide bonds. The fraction of sp³-hybridized carbons (Fsp3) is 1.00. The first kappa shape index (κ1) is 16.3. The van der Waals surface area contributed by atoms with Crippen molar-refractivity contribution in [3.63, 3.8) is 0 Å². The van der Waals surface area contributed by atoms with Crippen molar-refractivity contribution < 1.29 is 0 Å². The normalized spacial score (nSPS) is 31.8. The molecule has 2 heteroatoms. The fourth-order valence-electron chi connectivity index (χ4n) is 3.92. The van der Waals surface area contributed by atoms with Gasteiger partial charge in [0.25, 0.3) is 0 Å². The van der Waals surface area contributed by atoms with Crippen LogP contribution >= 0.6 is 0 Å². The van der Waals surface area contributed by atoms with Crippen LogP contribution in [-0.2, 0) is 0 Å². The molecule has 1 N–H and O–H groups in total. The van der Waals surface area contributed by atoms with Crippen LogP contribution in [0.25, 0.3) is 0 Å². The Morgan fingerprint density at radius 3 is 2.35 bits per heavy atom. The van der Waals surface area contributed by atoms with E-state index in [1.165, 1.54) is 51.5 Å². The first-order valence-electron chi connectivity index (χ1n) is 8.95. The lowest BCUT2D eigenvalue weighted by molar-refractivity contribution is 0.0588. The van der Waals surface area contributed by atoms with E-state index in [-0.39, 0.29) is 0 Å². The first-order chi connectivity index (χ1) is 9.49. The van der Waals surface area contributed by atoms with Crippen LogP contribution in [0.4, 0.5) is 0 Å². The Balaban J connectivity index is 2.02. The maximum absolute atomic E-state index is 3.83. The van der Waals surface area contributed by atoms with Gasteiger partial charge in [-0.3, -0.25) is 4.90 Å². The van der Waals surface area contributed by atoms with Crippen molar-refractivity contribution in [3.05, 3.63) is 0 Å². The minimum Gasteiger partial charge on any atom is -0.312 e. The van der Waals surface area contributed by atoms with Crippen molar-refractivity contribution >= 4 is 0 Å². The molecule has 3 unspecified atom stereocenters. The second-order valence-electron chi connectivity index (χ2n) is 7.88. The quantitative estimate of drug-likeness (QED) is 0.757. The molecule has 0 aliphatic heterocycles. The Morgan fingerprint density at radius 2 is 1.80 bits per heavy atom. The molecular formula is C18H36N2. The molecule has 2 saturated carbocycles. The highest BCUT2D eigenvalue weighted by Gasteiger charge is 2.41. The van der Waals surface area contributed by atoms with Crippen LogP contribution in [0, 0.1) is 11.3 Å². The van der Waals surface area contributed by atoms with Gasteiger partial charge in [-0.2, -0.15) is 0 Å². The largest absolute Gasteiger partial charge is 0.312 e. The van der Waals surface area contributed by atoms with Crippen LogP contribution in [0.3, 0.4) is 0 Å². The van der Waals surface area contributed by atoms with Gasteiger partial charge in [-0.15, -0.1) is 0 Å². The van der Waals surface area contributed by atoms with E-state index in [2.05, 4.69) is 45.0 Å². The van der Waals surface area contributed by atoms with Crippen molar-refractivity contribution in [2.45, 2.75) is 90.8 Å². The second-order valence-corrected chi connectivity index (χ2v) is 7.88. The zero-order valence-corrected chi connectivity index (χ0v) is 14.4. The minimum atomic E-state index is 0.512. The zero-order chi connectivity index (χ0) is 14.8. The molecule has 2 rings (SSSR count). The highest BCUT2D eigenvalue weighted by atomic mass is 15.2. The summed E-state index contributed by atoms with van der Waals surface area (Å²) in [6, 6.07) is 2.37. The Morgan fingerprint density at radius 1 is 1.10 bits per heavy atom. The predicted molar refractivity (Wildman–Crippen MR) is 88.1 cm³/mol. The summed E-state index contributed by atoms with van der Waals surface area (Å²) in [6.07, 6.45) is 9.60. The molecule has 118 valence electrons. The Kier molecular flexibility index (Phi) is 5.53. The Labute approximate surface area is 126 Å². The molecule has 2 nitrogen and oxygen atoms in total. The van der Waals surface area contributed by atoms with Crippen LogP contribution in [0.1, 0.15) is 72.6 Å². The average molecular weight is 281 g/mol. The van der Waals surface area contributed by atoms with Gasteiger partial charge in [0.1, 0.15) is 0 Å². The van der Waals surface area contributed by atoms with Gasteiger partial charge in [-0.1, -0.05) is 34.1 Å². The van der Waals surface area contributed by atoms with Crippen LogP contribution in [0.2, 0.25) is 0 Å². The molecule has 3 atom stereocenters. The summed E-state index contributed by atoms with van der Waals surface area (Å²) < 4.78 is 0. The van der Waals surface area contributed by atoms with Gasteiger partial charge in [0.15, 0.2) is 0 Å². The molecule has 0 radical (unpaired) electrons. The highest BCUT2D eigenvalue weighted by molar-refractivity contribution is 4.98. The molecule has 2 aliphatic rings. The van der Waals surface area contributed by atoms with E-state index >= 15 is 0 Å². The minimum absolute atomic E-state index is 0.512. The number of hydrogen-bond donors (Lipinski definition) is 1. The smallest absolute Gasteiger partial charge is 0.0252 e. The summed E-state index contributed by atoms with van der Waals surface area (Å²) in [7, 11) is 2.38. The number of nitrogens with one attached hydrogen (secondary N) is 1. The van der Waals surface area contributed by atoms with Crippen LogP contribution in [0.5, 0.6) is 0 Å². The van der Waals surface area contributed by atoms with E-state index in [0.29, 0.717) is 5.41 Å². The van der Waals surface area contributed by atoms with E-state index in [9.17, 15) is 0 Å². The average Bonchev–Trinajstić information content (AvgIpc) is 3.28. The molecular weight excluding hydrogens is 244 g/mol. The molecule has 0 aromatic carbocycles. The number of rotatable bonds is 7. The molecule has 0 bridgehead atoms. The van der Waals surface area contributed by atoms with Crippen molar-refractivity contribution in [1.82, 2.24) is 10.2 Å². The second kappa shape index (κ2) is 6.79. The molecule has 0 aromatic heterocycles. The zero-order valence-electron chi connectivity index (χ0n) is 14.4. The Bertz CT molecular complexity index is 296. The lowest BCUT2D eigenvalue weighted by atomic mass is 9.67. The van der Waals surface area contributed by atoms with Crippen LogP contribution in [-0.4, -0.2) is 36.6 Å². The lowest BCUT2D eigenvalue weighted by Crippen LogP contribution is -2.54. The maximum atomic E-state index is 3.83. The maximum Gasteiger partial charge on any atom is 0.0252 e. The van der Waals surface area contributed by atoms with Crippen LogP contribution < -0.4 is 5.32 Å². The van der Waals surface area contributed by atoms with Gasteiger partial charge >= 0.3 is 0 Å². The third kappa shape index (κ3) is 3.76. The summed E-state index contributed by atoms with van der Waals surface area (Å²) in [5, 5.41) is 3.83. The summed E-state index contributed by atoms with van der Waals surface area (Å²) >= 11 is 0. The summed E-state index contributed by atoms with van der Waals surface area (Å²) in [5.41, 5.74) is 0.512. The third-order valence-electron chi connectivity index (χ3n) is 6.14. The van der Waals surface area contributed by atoms with E-state index < -0.39 is 0 Å². The van der Waals surface area contributed by atoms with Crippen molar-refractivity contribution in [2.24, 2.45) is 11.3 Å². The predicted octanol–water partition coefficient (Wildman–Crippen LogP) is 4.05. The number of nitrogens with zero attached hydrogens (tertiary/aromatic N) is 1. The van der Waals surface area contributed by atoms with E-state index in [0.717, 1.165) is 24.0 Å². The van der Waals surface area contributed by atoms with Crippen molar-refractivity contribution in [1.29, 1.82) is 0 Å². The summed E-state index contributed by atoms with van der Waals surface area (Å²) in [5.74, 6) is 0.901. The number of likely N-dealkylation sites (N-methyl/N-ethyl adjacent to an activating group) is 1. The van der Waals surface area contributed by atoms with E-state index in [1.54, 1.807) is 0 Å². The molecule has 0 spiro atoms. The summed E-state index contributed by atoms with van der Waals surface area (Å²) in [4.78, 5) is 2.71. The van der Waals surface area contributed by atoms with Gasteiger partial charge in [-0.05, 0) is 63.5 Å². The van der Waals surface area contributed by atoms with Crippen molar-refractivity contribution in [3.8, 4) is 0 Å². The number of hydrogen-bond acceptors (Lipinski definition) is 2. The molecule has 0 saturated heterocycles. The molecule has 2 fully saturated rings. The lowest BCUT2D eigenvalue weighted by Gasteiger charge is -2.46. The van der Waals surface area contributed by atoms with Gasteiger partial charge in [0.05, 0.1) is 0 Å². The summed E-state index contributed by atoms with van der Waals surface area (Å²) in [6.45, 7) is 10.8. The first-order valence-corrected chi connectivity index (χ1v) is 8.95. The highest BCUT2D eigenvalue weighted by Crippen LogP contribution is 2.43. The monoisotopic (exact) mass is 280 g/mol. The molecule has 0 heterocycles. The van der Waals surface area contributed by atoms with Gasteiger partial charge in [0.2, 0.25) is 0 Å². The van der Waals surface area contributed by atoms with Gasteiger partial charge in [0, 0.05) is 18.1 Å². The molecule has 0 aromatic rings. The molecule has 20 heavy (non-hydrogen) atoms. The van der Waals surface area contributed by atoms with Crippen LogP contribution in [0.15, 0.2) is 0 Å². The topological polar surface area (TPSA) is 15.3 Å². The fourth-order valence-corrected chi connectivity index (χ4v) is 3.92. The third-order valence-corrected chi connectivity index (χ3v) is 6.14. The Hall–Kier alpha value is -0.0800. The van der Waals surface area contributed by atoms with Gasteiger partial charge in [-0.25, -0.2) is 0 Å². The standard InChI is InChI=1S/C18H36N2/c1-6-12-19-16-11-8-14(18(3,4)7-2)13-17(16)20(5)15-9-10-15/h14-17,19H,6-13H2,1-5H3.